The number of carbonyl (C=O) groups excluding carboxylic acids is 1. The van der Waals surface area contributed by atoms with Gasteiger partial charge in [0.2, 0.25) is 0 Å². The van der Waals surface area contributed by atoms with Gasteiger partial charge in [0.05, 0.1) is 26.3 Å². The SMILES string of the molecule is O=C(N/N=C/c1ccc(Sc2nc3ccc([N+](=O)[O-])cc3s2)o1)c1cccc([N+](=O)[O-])c1. The quantitative estimate of drug-likeness (QED) is 0.234. The summed E-state index contributed by atoms with van der Waals surface area (Å²) in [5.74, 6) is -0.238. The van der Waals surface area contributed by atoms with E-state index in [2.05, 4.69) is 15.5 Å². The predicted molar refractivity (Wildman–Crippen MR) is 117 cm³/mol. The molecule has 0 aliphatic rings. The van der Waals surface area contributed by atoms with Gasteiger partial charge in [-0.3, -0.25) is 25.0 Å². The van der Waals surface area contributed by atoms with Crippen LogP contribution in [-0.4, -0.2) is 27.0 Å². The second-order valence-corrected chi connectivity index (χ2v) is 8.44. The van der Waals surface area contributed by atoms with E-state index in [4.69, 9.17) is 4.42 Å². The average molecular weight is 469 g/mol. The van der Waals surface area contributed by atoms with Gasteiger partial charge in [0.1, 0.15) is 5.76 Å². The first-order valence-corrected chi connectivity index (χ1v) is 10.4. The average Bonchev–Trinajstić information content (AvgIpc) is 3.39. The number of nitrogens with one attached hydrogen (secondary N) is 1. The Bertz CT molecular complexity index is 1380. The van der Waals surface area contributed by atoms with Crippen LogP contribution in [-0.2, 0) is 0 Å². The van der Waals surface area contributed by atoms with Crippen LogP contribution in [0.15, 0.2) is 73.5 Å². The van der Waals surface area contributed by atoms with Crippen LogP contribution in [0.3, 0.4) is 0 Å². The van der Waals surface area contributed by atoms with Crippen molar-refractivity contribution in [2.75, 3.05) is 0 Å². The third-order valence-electron chi connectivity index (χ3n) is 4.03. The first-order valence-electron chi connectivity index (χ1n) is 8.79. The van der Waals surface area contributed by atoms with Gasteiger partial charge in [-0.15, -0.1) is 11.3 Å². The topological polar surface area (TPSA) is 154 Å². The summed E-state index contributed by atoms with van der Waals surface area (Å²) in [6, 6.07) is 13.1. The lowest BCUT2D eigenvalue weighted by atomic mass is 10.2. The van der Waals surface area contributed by atoms with Crippen molar-refractivity contribution in [3.63, 3.8) is 0 Å². The second kappa shape index (κ2) is 8.95. The van der Waals surface area contributed by atoms with Gasteiger partial charge < -0.3 is 4.42 Å². The standard InChI is InChI=1S/C19H11N5O6S2/c25-18(11-2-1-3-12(8-11)23(26)27)22-20-10-14-5-7-17(30-14)32-19-21-15-6-4-13(24(28)29)9-16(15)31-19/h1-10H,(H,22,25)/b20-10+. The number of hydrogen-bond donors (Lipinski definition) is 1. The van der Waals surface area contributed by atoms with Gasteiger partial charge in [0.15, 0.2) is 9.43 Å². The zero-order chi connectivity index (χ0) is 22.7. The highest BCUT2D eigenvalue weighted by Crippen LogP contribution is 2.36. The Morgan fingerprint density at radius 1 is 1.09 bits per heavy atom. The number of hydrazone groups is 1. The Morgan fingerprint density at radius 3 is 2.66 bits per heavy atom. The second-order valence-electron chi connectivity index (χ2n) is 6.15. The highest BCUT2D eigenvalue weighted by Gasteiger charge is 2.13. The van der Waals surface area contributed by atoms with E-state index in [1.807, 2.05) is 0 Å². The maximum Gasteiger partial charge on any atom is 0.271 e. The summed E-state index contributed by atoms with van der Waals surface area (Å²) < 4.78 is 6.96. The smallest absolute Gasteiger partial charge is 0.271 e. The van der Waals surface area contributed by atoms with Gasteiger partial charge in [-0.1, -0.05) is 6.07 Å². The number of non-ortho nitro benzene ring substituents is 2. The lowest BCUT2D eigenvalue weighted by Crippen LogP contribution is -2.17. The molecule has 11 nitrogen and oxygen atoms in total. The Balaban J connectivity index is 1.39. The fourth-order valence-corrected chi connectivity index (χ4v) is 4.58. The molecule has 0 saturated heterocycles. The first kappa shape index (κ1) is 21.1. The fourth-order valence-electron chi connectivity index (χ4n) is 2.57. The van der Waals surface area contributed by atoms with E-state index in [1.165, 1.54) is 59.6 Å². The molecule has 32 heavy (non-hydrogen) atoms. The van der Waals surface area contributed by atoms with Gasteiger partial charge in [-0.2, -0.15) is 5.10 Å². The molecule has 160 valence electrons. The molecule has 0 atom stereocenters. The van der Waals surface area contributed by atoms with Crippen molar-refractivity contribution in [3.05, 3.63) is 86.1 Å². The minimum absolute atomic E-state index is 0.00125. The van der Waals surface area contributed by atoms with Crippen LogP contribution >= 0.6 is 23.1 Å². The summed E-state index contributed by atoms with van der Waals surface area (Å²) in [5, 5.41) is 26.0. The third kappa shape index (κ3) is 4.79. The van der Waals surface area contributed by atoms with Crippen molar-refractivity contribution in [1.82, 2.24) is 10.4 Å². The predicted octanol–water partition coefficient (Wildman–Crippen LogP) is 4.62. The molecule has 0 radical (unpaired) electrons. The van der Waals surface area contributed by atoms with Gasteiger partial charge in [-0.25, -0.2) is 10.4 Å². The van der Waals surface area contributed by atoms with Crippen LogP contribution in [0.5, 0.6) is 0 Å². The highest BCUT2D eigenvalue weighted by molar-refractivity contribution is 8.01. The Labute approximate surface area is 187 Å². The van der Waals surface area contributed by atoms with Crippen LogP contribution in [0.1, 0.15) is 16.1 Å². The number of carbonyl (C=O) groups is 1. The molecule has 13 heteroatoms. The number of rotatable bonds is 7. The van der Waals surface area contributed by atoms with Crippen molar-refractivity contribution in [3.8, 4) is 0 Å². The minimum atomic E-state index is -0.602. The molecule has 1 amide bonds. The van der Waals surface area contributed by atoms with E-state index in [9.17, 15) is 25.0 Å². The summed E-state index contributed by atoms with van der Waals surface area (Å²) in [6.45, 7) is 0. The fraction of sp³-hybridized carbons (Fsp3) is 0. The molecule has 0 fully saturated rings. The van der Waals surface area contributed by atoms with Crippen LogP contribution in [0.4, 0.5) is 11.4 Å². The van der Waals surface area contributed by atoms with Crippen LogP contribution in [0.25, 0.3) is 10.2 Å². The van der Waals surface area contributed by atoms with Gasteiger partial charge in [0.25, 0.3) is 17.3 Å². The normalized spacial score (nSPS) is 11.1. The molecule has 0 unspecified atom stereocenters. The maximum absolute atomic E-state index is 12.1. The Hall–Kier alpha value is -4.10. The Kier molecular flexibility index (Phi) is 5.91. The van der Waals surface area contributed by atoms with Crippen molar-refractivity contribution >= 4 is 56.8 Å². The zero-order valence-corrected chi connectivity index (χ0v) is 17.5. The molecule has 2 heterocycles. The van der Waals surface area contributed by atoms with Gasteiger partial charge in [0, 0.05) is 29.8 Å². The molecule has 0 aliphatic heterocycles. The van der Waals surface area contributed by atoms with E-state index in [-0.39, 0.29) is 16.9 Å². The van der Waals surface area contributed by atoms with E-state index in [0.29, 0.717) is 25.4 Å². The monoisotopic (exact) mass is 469 g/mol. The molecular weight excluding hydrogens is 458 g/mol. The van der Waals surface area contributed by atoms with Crippen molar-refractivity contribution < 1.29 is 19.1 Å². The van der Waals surface area contributed by atoms with Crippen LogP contribution < -0.4 is 5.43 Å². The summed E-state index contributed by atoms with van der Waals surface area (Å²) in [6.07, 6.45) is 1.29. The van der Waals surface area contributed by atoms with E-state index in [1.54, 1.807) is 18.2 Å². The first-order chi connectivity index (χ1) is 15.4. The molecule has 1 N–H and O–H groups in total. The molecule has 4 rings (SSSR count). The Morgan fingerprint density at radius 2 is 1.88 bits per heavy atom. The largest absolute Gasteiger partial charge is 0.448 e. The number of amides is 1. The number of nitrogens with zero attached hydrogens (tertiary/aromatic N) is 4. The molecule has 0 spiro atoms. The highest BCUT2D eigenvalue weighted by atomic mass is 32.2. The van der Waals surface area contributed by atoms with Crippen LogP contribution in [0.2, 0.25) is 0 Å². The number of furan rings is 1. The van der Waals surface area contributed by atoms with E-state index in [0.717, 1.165) is 6.07 Å². The summed E-state index contributed by atoms with van der Waals surface area (Å²) in [5.41, 5.74) is 2.84. The number of benzene rings is 2. The lowest BCUT2D eigenvalue weighted by molar-refractivity contribution is -0.385. The minimum Gasteiger partial charge on any atom is -0.448 e. The molecule has 0 bridgehead atoms. The molecule has 2 aromatic heterocycles. The summed E-state index contributed by atoms with van der Waals surface area (Å²) in [4.78, 5) is 37.1. The molecule has 4 aromatic rings. The third-order valence-corrected chi connectivity index (χ3v) is 6.03. The van der Waals surface area contributed by atoms with Crippen molar-refractivity contribution in [2.24, 2.45) is 5.10 Å². The van der Waals surface area contributed by atoms with Crippen LogP contribution in [0, 0.1) is 20.2 Å². The summed E-state index contributed by atoms with van der Waals surface area (Å²) >= 11 is 2.55. The number of fused-ring (bicyclic) bond motifs is 1. The maximum atomic E-state index is 12.1. The number of thiazole rings is 1. The number of hydrogen-bond acceptors (Lipinski definition) is 10. The molecule has 0 saturated carbocycles. The van der Waals surface area contributed by atoms with E-state index >= 15 is 0 Å². The molecule has 0 aliphatic carbocycles. The zero-order valence-electron chi connectivity index (χ0n) is 15.8. The lowest BCUT2D eigenvalue weighted by Gasteiger charge is -1.99. The summed E-state index contributed by atoms with van der Waals surface area (Å²) in [7, 11) is 0. The number of nitro benzene ring substituents is 2. The molecule has 2 aromatic carbocycles. The molecular formula is C19H11N5O6S2. The van der Waals surface area contributed by atoms with Crippen molar-refractivity contribution in [2.45, 2.75) is 9.43 Å². The van der Waals surface area contributed by atoms with Crippen molar-refractivity contribution in [1.29, 1.82) is 0 Å². The van der Waals surface area contributed by atoms with E-state index < -0.39 is 15.8 Å². The van der Waals surface area contributed by atoms with Gasteiger partial charge >= 0.3 is 0 Å². The number of nitro groups is 2. The van der Waals surface area contributed by atoms with Gasteiger partial charge in [-0.05, 0) is 36.0 Å². The number of aromatic nitrogens is 1.